The van der Waals surface area contributed by atoms with Crippen molar-refractivity contribution in [3.63, 3.8) is 0 Å². The number of benzene rings is 2. The maximum absolute atomic E-state index is 13.4. The Hall–Kier alpha value is -3.27. The van der Waals surface area contributed by atoms with Crippen LogP contribution in [0.1, 0.15) is 44.7 Å². The molecule has 0 saturated carbocycles. The van der Waals surface area contributed by atoms with Crippen LogP contribution in [0, 0.1) is 12.8 Å². The van der Waals surface area contributed by atoms with Crippen LogP contribution >= 0.6 is 0 Å². The predicted molar refractivity (Wildman–Crippen MR) is 148 cm³/mol. The number of carbonyl (C=O) groups is 2. The minimum absolute atomic E-state index is 0.0876. The molecule has 0 radical (unpaired) electrons. The second-order valence-electron chi connectivity index (χ2n) is 10.0. The van der Waals surface area contributed by atoms with E-state index in [9.17, 15) is 18.0 Å². The standard InChI is InChI=1S/C28H39N3O6S/c1-20(2)18-29-28(33)22(4)30(19-23-10-7-6-9-21(23)3)27(32)11-8-14-31(38(5,34)35)24-12-13-25-26(17-24)37-16-15-36-25/h6-7,9-10,12-13,17,20,22H,8,11,14-16,18-19H2,1-5H3,(H,29,33)/t22-/m1/s1. The van der Waals surface area contributed by atoms with Gasteiger partial charge in [-0.15, -0.1) is 0 Å². The molecular formula is C28H39N3O6S. The minimum atomic E-state index is -3.61. The van der Waals surface area contributed by atoms with Crippen LogP contribution in [0.5, 0.6) is 11.5 Å². The van der Waals surface area contributed by atoms with E-state index >= 15 is 0 Å². The van der Waals surface area contributed by atoms with E-state index in [1.54, 1.807) is 30.0 Å². The van der Waals surface area contributed by atoms with Gasteiger partial charge in [-0.05, 0) is 49.4 Å². The zero-order valence-corrected chi connectivity index (χ0v) is 23.7. The summed E-state index contributed by atoms with van der Waals surface area (Å²) in [5.74, 6) is 0.921. The average molecular weight is 546 g/mol. The number of hydrogen-bond donors (Lipinski definition) is 1. The third-order valence-corrected chi connectivity index (χ3v) is 7.61. The highest BCUT2D eigenvalue weighted by atomic mass is 32.2. The lowest BCUT2D eigenvalue weighted by atomic mass is 10.1. The van der Waals surface area contributed by atoms with Crippen molar-refractivity contribution in [1.82, 2.24) is 10.2 Å². The summed E-state index contributed by atoms with van der Waals surface area (Å²) in [4.78, 5) is 27.9. The molecule has 3 rings (SSSR count). The van der Waals surface area contributed by atoms with Gasteiger partial charge in [0.15, 0.2) is 11.5 Å². The molecule has 38 heavy (non-hydrogen) atoms. The number of fused-ring (bicyclic) bond motifs is 1. The van der Waals surface area contributed by atoms with Gasteiger partial charge in [-0.3, -0.25) is 13.9 Å². The second-order valence-corrected chi connectivity index (χ2v) is 11.9. The van der Waals surface area contributed by atoms with Gasteiger partial charge in [-0.1, -0.05) is 38.1 Å². The molecular weight excluding hydrogens is 506 g/mol. The Bertz CT molecular complexity index is 1230. The van der Waals surface area contributed by atoms with Crippen molar-refractivity contribution in [3.8, 4) is 11.5 Å². The van der Waals surface area contributed by atoms with Gasteiger partial charge in [0.2, 0.25) is 21.8 Å². The van der Waals surface area contributed by atoms with Gasteiger partial charge < -0.3 is 19.7 Å². The van der Waals surface area contributed by atoms with E-state index in [-0.39, 0.29) is 37.1 Å². The van der Waals surface area contributed by atoms with Crippen molar-refractivity contribution in [2.24, 2.45) is 5.92 Å². The number of sulfonamides is 1. The first-order chi connectivity index (χ1) is 18.0. The summed E-state index contributed by atoms with van der Waals surface area (Å²) in [5, 5.41) is 2.92. The quantitative estimate of drug-likeness (QED) is 0.438. The minimum Gasteiger partial charge on any atom is -0.486 e. The Morgan fingerprint density at radius 2 is 1.71 bits per heavy atom. The molecule has 2 aromatic rings. The van der Waals surface area contributed by atoms with Crippen LogP contribution in [0.25, 0.3) is 0 Å². The highest BCUT2D eigenvalue weighted by Gasteiger charge is 2.27. The molecule has 0 bridgehead atoms. The van der Waals surface area contributed by atoms with Crippen LogP contribution in [-0.2, 0) is 26.2 Å². The lowest BCUT2D eigenvalue weighted by Gasteiger charge is -2.30. The number of nitrogens with one attached hydrogen (secondary N) is 1. The predicted octanol–water partition coefficient (Wildman–Crippen LogP) is 3.50. The molecule has 0 spiro atoms. The fourth-order valence-corrected chi connectivity index (χ4v) is 5.15. The van der Waals surface area contributed by atoms with Gasteiger partial charge in [-0.25, -0.2) is 8.42 Å². The van der Waals surface area contributed by atoms with Crippen LogP contribution in [0.2, 0.25) is 0 Å². The number of amides is 2. The number of nitrogens with zero attached hydrogens (tertiary/aromatic N) is 2. The smallest absolute Gasteiger partial charge is 0.242 e. The third kappa shape index (κ3) is 7.86. The third-order valence-electron chi connectivity index (χ3n) is 6.42. The fourth-order valence-electron chi connectivity index (χ4n) is 4.20. The zero-order valence-electron chi connectivity index (χ0n) is 22.9. The van der Waals surface area contributed by atoms with E-state index in [4.69, 9.17) is 9.47 Å². The molecule has 10 heteroatoms. The van der Waals surface area contributed by atoms with Gasteiger partial charge in [-0.2, -0.15) is 0 Å². The molecule has 1 aliphatic rings. The lowest BCUT2D eigenvalue weighted by Crippen LogP contribution is -2.48. The molecule has 1 atom stereocenters. The molecule has 1 heterocycles. The normalized spacial score (nSPS) is 13.6. The summed E-state index contributed by atoms with van der Waals surface area (Å²) >= 11 is 0. The van der Waals surface area contributed by atoms with Gasteiger partial charge in [0.25, 0.3) is 0 Å². The SMILES string of the molecule is Cc1ccccc1CN(C(=O)CCCN(c1ccc2c(c1)OCCO2)S(C)(=O)=O)[C@H](C)C(=O)NCC(C)C. The lowest BCUT2D eigenvalue weighted by molar-refractivity contribution is -0.140. The van der Waals surface area contributed by atoms with Crippen LogP contribution < -0.4 is 19.1 Å². The van der Waals surface area contributed by atoms with Gasteiger partial charge in [0.1, 0.15) is 19.3 Å². The van der Waals surface area contributed by atoms with Crippen LogP contribution in [-0.4, -0.2) is 63.7 Å². The first-order valence-electron chi connectivity index (χ1n) is 13.0. The van der Waals surface area contributed by atoms with Crippen molar-refractivity contribution in [1.29, 1.82) is 0 Å². The Labute approximate surface area is 226 Å². The van der Waals surface area contributed by atoms with Gasteiger partial charge >= 0.3 is 0 Å². The largest absolute Gasteiger partial charge is 0.486 e. The number of anilines is 1. The first kappa shape index (κ1) is 29.3. The molecule has 0 saturated heterocycles. The van der Waals surface area contributed by atoms with E-state index in [1.165, 1.54) is 4.31 Å². The molecule has 0 fully saturated rings. The van der Waals surface area contributed by atoms with Crippen LogP contribution in [0.15, 0.2) is 42.5 Å². The van der Waals surface area contributed by atoms with Crippen molar-refractivity contribution >= 4 is 27.5 Å². The fraction of sp³-hybridized carbons (Fsp3) is 0.500. The van der Waals surface area contributed by atoms with Crippen molar-refractivity contribution in [3.05, 3.63) is 53.6 Å². The van der Waals surface area contributed by atoms with Gasteiger partial charge in [0, 0.05) is 32.1 Å². The molecule has 0 unspecified atom stereocenters. The summed E-state index contributed by atoms with van der Waals surface area (Å²) in [5.41, 5.74) is 2.43. The molecule has 1 aliphatic heterocycles. The van der Waals surface area contributed by atoms with Crippen molar-refractivity contribution in [2.75, 3.05) is 36.9 Å². The van der Waals surface area contributed by atoms with E-state index in [1.807, 2.05) is 45.0 Å². The number of rotatable bonds is 12. The first-order valence-corrected chi connectivity index (χ1v) is 14.8. The Balaban J connectivity index is 1.73. The number of ether oxygens (including phenoxy) is 2. The molecule has 2 amide bonds. The molecule has 1 N–H and O–H groups in total. The van der Waals surface area contributed by atoms with Gasteiger partial charge in [0.05, 0.1) is 11.9 Å². The number of aryl methyl sites for hydroxylation is 1. The number of carbonyl (C=O) groups excluding carboxylic acids is 2. The topological polar surface area (TPSA) is 105 Å². The average Bonchev–Trinajstić information content (AvgIpc) is 2.87. The van der Waals surface area contributed by atoms with Crippen molar-refractivity contribution < 1.29 is 27.5 Å². The summed E-state index contributed by atoms with van der Waals surface area (Å²) in [6.45, 7) is 9.47. The van der Waals surface area contributed by atoms with Crippen LogP contribution in [0.4, 0.5) is 5.69 Å². The molecule has 9 nitrogen and oxygen atoms in total. The second kappa shape index (κ2) is 13.0. The highest BCUT2D eigenvalue weighted by Crippen LogP contribution is 2.34. The summed E-state index contributed by atoms with van der Waals surface area (Å²) in [6.07, 6.45) is 1.51. The molecule has 0 aromatic heterocycles. The summed E-state index contributed by atoms with van der Waals surface area (Å²) in [7, 11) is -3.61. The molecule has 2 aromatic carbocycles. The monoisotopic (exact) mass is 545 g/mol. The van der Waals surface area contributed by atoms with Crippen LogP contribution in [0.3, 0.4) is 0 Å². The van der Waals surface area contributed by atoms with E-state index in [0.717, 1.165) is 17.4 Å². The zero-order chi connectivity index (χ0) is 27.9. The highest BCUT2D eigenvalue weighted by molar-refractivity contribution is 7.92. The Morgan fingerprint density at radius 3 is 2.37 bits per heavy atom. The van der Waals surface area contributed by atoms with E-state index in [0.29, 0.717) is 43.5 Å². The molecule has 208 valence electrons. The molecule has 0 aliphatic carbocycles. The number of hydrogen-bond acceptors (Lipinski definition) is 6. The maximum Gasteiger partial charge on any atom is 0.242 e. The summed E-state index contributed by atoms with van der Waals surface area (Å²) in [6, 6.07) is 12.1. The van der Waals surface area contributed by atoms with E-state index < -0.39 is 16.1 Å². The van der Waals surface area contributed by atoms with Crippen molar-refractivity contribution in [2.45, 2.75) is 53.1 Å². The Kier molecular flexibility index (Phi) is 10.0. The maximum atomic E-state index is 13.4. The van der Waals surface area contributed by atoms with E-state index in [2.05, 4.69) is 5.32 Å². The summed E-state index contributed by atoms with van der Waals surface area (Å²) < 4.78 is 37.6. The Morgan fingerprint density at radius 1 is 1.03 bits per heavy atom.